The van der Waals surface area contributed by atoms with Crippen LogP contribution in [0.2, 0.25) is 12.1 Å². The zero-order valence-corrected chi connectivity index (χ0v) is 13.7. The van der Waals surface area contributed by atoms with Gasteiger partial charge in [0, 0.05) is 0 Å². The fourth-order valence-corrected chi connectivity index (χ4v) is 2.79. The molecule has 108 valence electrons. The van der Waals surface area contributed by atoms with Crippen LogP contribution in [-0.2, 0) is 0 Å². The molecule has 0 atom stereocenters. The van der Waals surface area contributed by atoms with Crippen molar-refractivity contribution in [2.45, 2.75) is 110 Å². The van der Waals surface area contributed by atoms with E-state index in [1.807, 2.05) is 0 Å². The molecule has 0 aliphatic carbocycles. The Balaban J connectivity index is 3.60. The molecule has 0 rings (SSSR count). The van der Waals surface area contributed by atoms with Gasteiger partial charge in [0.05, 0.1) is 0 Å². The molecule has 0 heterocycles. The highest BCUT2D eigenvalue weighted by Crippen LogP contribution is 2.37. The Kier molecular flexibility index (Phi) is 12.2. The van der Waals surface area contributed by atoms with Crippen LogP contribution in [0.3, 0.4) is 0 Å². The highest BCUT2D eigenvalue weighted by atomic mass is 14.2. The third kappa shape index (κ3) is 10.0. The van der Waals surface area contributed by atoms with E-state index in [4.69, 9.17) is 0 Å². The number of unbranched alkanes of at least 4 members (excludes halogenated alkanes) is 8. The summed E-state index contributed by atoms with van der Waals surface area (Å²) in [5, 5.41) is 0.637. The lowest BCUT2D eigenvalue weighted by molar-refractivity contribution is 0.447. The van der Waals surface area contributed by atoms with Crippen molar-refractivity contribution in [1.29, 1.82) is 0 Å². The molecular formula is C17H37B. The second-order valence-electron chi connectivity index (χ2n) is 6.49. The molecule has 18 heavy (non-hydrogen) atoms. The minimum Gasteiger partial charge on any atom is -0.0889 e. The fourth-order valence-electron chi connectivity index (χ4n) is 2.79. The van der Waals surface area contributed by atoms with Gasteiger partial charge in [0.25, 0.3) is 0 Å². The van der Waals surface area contributed by atoms with Gasteiger partial charge in [0.2, 0.25) is 0 Å². The molecular weight excluding hydrogens is 215 g/mol. The Labute approximate surface area is 118 Å². The number of rotatable bonds is 13. The Bertz CT molecular complexity index is 151. The Morgan fingerprint density at radius 3 is 1.39 bits per heavy atom. The third-order valence-electron chi connectivity index (χ3n) is 4.62. The van der Waals surface area contributed by atoms with Gasteiger partial charge < -0.3 is 0 Å². The second kappa shape index (κ2) is 12.1. The Hall–Kier alpha value is 0.0649. The molecule has 0 amide bonds. The Morgan fingerprint density at radius 2 is 1.06 bits per heavy atom. The minimum atomic E-state index is 0.637. The first-order valence-corrected chi connectivity index (χ1v) is 8.68. The molecule has 0 aromatic rings. The fraction of sp³-hybridized carbons (Fsp3) is 1.00. The molecule has 0 aliphatic heterocycles. The van der Waals surface area contributed by atoms with E-state index in [-0.39, 0.29) is 0 Å². The van der Waals surface area contributed by atoms with Crippen molar-refractivity contribution >= 4 is 7.28 Å². The van der Waals surface area contributed by atoms with E-state index in [0.29, 0.717) is 5.31 Å². The minimum absolute atomic E-state index is 0.637. The Morgan fingerprint density at radius 1 is 0.667 bits per heavy atom. The van der Waals surface area contributed by atoms with Crippen molar-refractivity contribution < 1.29 is 0 Å². The van der Waals surface area contributed by atoms with Crippen LogP contribution in [-0.4, -0.2) is 7.28 Å². The van der Waals surface area contributed by atoms with E-state index in [0.717, 1.165) is 0 Å². The summed E-state index contributed by atoms with van der Waals surface area (Å²) in [5.74, 6) is 0. The van der Waals surface area contributed by atoms with Crippen molar-refractivity contribution in [3.05, 3.63) is 0 Å². The molecule has 0 N–H and O–H groups in total. The largest absolute Gasteiger partial charge is 0.124 e. The third-order valence-corrected chi connectivity index (χ3v) is 4.62. The molecule has 1 heteroatoms. The molecule has 0 fully saturated rings. The van der Waals surface area contributed by atoms with E-state index in [2.05, 4.69) is 27.6 Å². The first kappa shape index (κ1) is 18.1. The van der Waals surface area contributed by atoms with E-state index >= 15 is 0 Å². The van der Waals surface area contributed by atoms with Crippen LogP contribution in [0.15, 0.2) is 0 Å². The lowest BCUT2D eigenvalue weighted by Gasteiger charge is -2.28. The normalized spacial score (nSPS) is 11.8. The molecule has 0 nitrogen and oxygen atoms in total. The highest BCUT2D eigenvalue weighted by Gasteiger charge is 2.21. The predicted molar refractivity (Wildman–Crippen MR) is 88.1 cm³/mol. The number of hydrogen-bond acceptors (Lipinski definition) is 0. The van der Waals surface area contributed by atoms with Gasteiger partial charge in [-0.25, -0.2) is 0 Å². The van der Waals surface area contributed by atoms with Crippen LogP contribution in [0.25, 0.3) is 0 Å². The summed E-state index contributed by atoms with van der Waals surface area (Å²) in [6, 6.07) is 0. The monoisotopic (exact) mass is 252 g/mol. The van der Waals surface area contributed by atoms with Crippen LogP contribution in [0.4, 0.5) is 0 Å². The van der Waals surface area contributed by atoms with Gasteiger partial charge in [0.15, 0.2) is 0 Å². The molecule has 0 spiro atoms. The summed E-state index contributed by atoms with van der Waals surface area (Å²) in [7, 11) is 1.37. The van der Waals surface area contributed by atoms with Gasteiger partial charge in [-0.3, -0.25) is 0 Å². The summed E-state index contributed by atoms with van der Waals surface area (Å²) < 4.78 is 0. The molecule has 0 aromatic carbocycles. The molecule has 0 radical (unpaired) electrons. The van der Waals surface area contributed by atoms with E-state index in [1.165, 1.54) is 84.3 Å². The summed E-state index contributed by atoms with van der Waals surface area (Å²) >= 11 is 0. The molecule has 0 aromatic heterocycles. The molecule has 0 saturated carbocycles. The predicted octanol–water partition coefficient (Wildman–Crippen LogP) is 6.37. The van der Waals surface area contributed by atoms with Crippen LogP contribution < -0.4 is 0 Å². The van der Waals surface area contributed by atoms with Gasteiger partial charge in [-0.2, -0.15) is 0 Å². The quantitative estimate of drug-likeness (QED) is 0.264. The van der Waals surface area contributed by atoms with Crippen LogP contribution in [0, 0.1) is 0 Å². The molecule has 0 aliphatic rings. The van der Waals surface area contributed by atoms with Gasteiger partial charge >= 0.3 is 0 Å². The van der Waals surface area contributed by atoms with Crippen molar-refractivity contribution in [2.75, 3.05) is 0 Å². The highest BCUT2D eigenvalue weighted by molar-refractivity contribution is 6.38. The van der Waals surface area contributed by atoms with Gasteiger partial charge in [0.1, 0.15) is 7.28 Å². The second-order valence-corrected chi connectivity index (χ2v) is 6.49. The maximum absolute atomic E-state index is 2.52. The van der Waals surface area contributed by atoms with Crippen molar-refractivity contribution in [1.82, 2.24) is 0 Å². The van der Waals surface area contributed by atoms with Gasteiger partial charge in [-0.1, -0.05) is 110 Å². The number of hydrogen-bond donors (Lipinski definition) is 0. The maximum atomic E-state index is 2.52. The average molecular weight is 252 g/mol. The zero-order chi connectivity index (χ0) is 13.7. The summed E-state index contributed by atoms with van der Waals surface area (Å²) in [4.78, 5) is 0. The van der Waals surface area contributed by atoms with Crippen LogP contribution in [0.5, 0.6) is 0 Å². The van der Waals surface area contributed by atoms with Crippen LogP contribution >= 0.6 is 0 Å². The van der Waals surface area contributed by atoms with Gasteiger partial charge in [-0.15, -0.1) is 0 Å². The smallest absolute Gasteiger partial charge is 0.0889 e. The molecule has 0 bridgehead atoms. The molecule has 0 unspecified atom stereocenters. The summed E-state index contributed by atoms with van der Waals surface area (Å²) in [6.07, 6.45) is 17.2. The first-order chi connectivity index (χ1) is 8.68. The molecule has 0 saturated heterocycles. The van der Waals surface area contributed by atoms with Crippen molar-refractivity contribution in [3.63, 3.8) is 0 Å². The summed E-state index contributed by atoms with van der Waals surface area (Å²) in [6.45, 7) is 9.50. The van der Waals surface area contributed by atoms with Gasteiger partial charge in [-0.05, 0) is 0 Å². The maximum Gasteiger partial charge on any atom is 0.124 e. The summed E-state index contributed by atoms with van der Waals surface area (Å²) in [5.41, 5.74) is 0. The van der Waals surface area contributed by atoms with Crippen molar-refractivity contribution in [2.24, 2.45) is 0 Å². The average Bonchev–Trinajstić information content (AvgIpc) is 2.38. The van der Waals surface area contributed by atoms with E-state index in [1.54, 1.807) is 0 Å². The lowest BCUT2D eigenvalue weighted by atomic mass is 9.51. The van der Waals surface area contributed by atoms with E-state index in [9.17, 15) is 0 Å². The van der Waals surface area contributed by atoms with Crippen molar-refractivity contribution in [3.8, 4) is 0 Å². The SMILES string of the molecule is CBC(C)(CCCCCCC)CCCCCCC. The topological polar surface area (TPSA) is 0 Å². The first-order valence-electron chi connectivity index (χ1n) is 8.68. The lowest BCUT2D eigenvalue weighted by Crippen LogP contribution is -2.14. The van der Waals surface area contributed by atoms with E-state index < -0.39 is 0 Å². The standard InChI is InChI=1S/C17H37B/c1-5-7-9-11-13-15-17(3,18-4)16-14-12-10-8-6-2/h18H,5-16H2,1-4H3. The zero-order valence-electron chi connectivity index (χ0n) is 13.7. The van der Waals surface area contributed by atoms with Crippen LogP contribution in [0.1, 0.15) is 97.8 Å².